The van der Waals surface area contributed by atoms with Crippen LogP contribution in [0.5, 0.6) is 0 Å². The van der Waals surface area contributed by atoms with E-state index in [0.717, 1.165) is 18.4 Å². The number of hydrogen-bond donors (Lipinski definition) is 2. The lowest BCUT2D eigenvalue weighted by Gasteiger charge is -2.28. The summed E-state index contributed by atoms with van der Waals surface area (Å²) in [6, 6.07) is 9.67. The van der Waals surface area contributed by atoms with Gasteiger partial charge in [0, 0.05) is 6.42 Å². The molecule has 0 saturated carbocycles. The summed E-state index contributed by atoms with van der Waals surface area (Å²) in [5.41, 5.74) is 0.289. The van der Waals surface area contributed by atoms with Crippen LogP contribution in [0.15, 0.2) is 30.3 Å². The standard InChI is InChI=1S/C17H24O4/c1-2-17(16(20)21,12-8-4-7-11-15(18)19)13-14-9-5-3-6-10-14/h3,5-6,9-10H,2,4,7-8,11-13H2,1H3,(H,18,19)(H,20,21). The molecular formula is C17H24O4. The average molecular weight is 292 g/mol. The number of benzene rings is 1. The molecule has 0 fully saturated rings. The van der Waals surface area contributed by atoms with Crippen LogP contribution in [0.25, 0.3) is 0 Å². The predicted molar refractivity (Wildman–Crippen MR) is 81.2 cm³/mol. The van der Waals surface area contributed by atoms with Crippen LogP contribution in [-0.2, 0) is 16.0 Å². The van der Waals surface area contributed by atoms with Crippen molar-refractivity contribution in [2.24, 2.45) is 5.41 Å². The van der Waals surface area contributed by atoms with Crippen molar-refractivity contribution in [2.45, 2.75) is 51.9 Å². The van der Waals surface area contributed by atoms with Crippen LogP contribution < -0.4 is 0 Å². The Morgan fingerprint density at radius 2 is 1.71 bits per heavy atom. The molecule has 0 bridgehead atoms. The highest BCUT2D eigenvalue weighted by atomic mass is 16.4. The number of unbranched alkanes of at least 4 members (excludes halogenated alkanes) is 2. The summed E-state index contributed by atoms with van der Waals surface area (Å²) in [5, 5.41) is 18.2. The van der Waals surface area contributed by atoms with E-state index in [9.17, 15) is 14.7 Å². The van der Waals surface area contributed by atoms with E-state index in [4.69, 9.17) is 5.11 Å². The van der Waals surface area contributed by atoms with Gasteiger partial charge < -0.3 is 10.2 Å². The molecule has 0 saturated heterocycles. The fourth-order valence-electron chi connectivity index (χ4n) is 2.63. The summed E-state index contributed by atoms with van der Waals surface area (Å²) in [7, 11) is 0. The Hall–Kier alpha value is -1.84. The maximum absolute atomic E-state index is 11.7. The fourth-order valence-corrected chi connectivity index (χ4v) is 2.63. The Labute approximate surface area is 125 Å². The largest absolute Gasteiger partial charge is 0.481 e. The van der Waals surface area contributed by atoms with Gasteiger partial charge in [0.1, 0.15) is 0 Å². The number of hydrogen-bond acceptors (Lipinski definition) is 2. The van der Waals surface area contributed by atoms with E-state index >= 15 is 0 Å². The minimum atomic E-state index is -0.792. The second kappa shape index (κ2) is 8.45. The van der Waals surface area contributed by atoms with E-state index in [1.165, 1.54) is 0 Å². The highest BCUT2D eigenvalue weighted by Gasteiger charge is 2.36. The number of aliphatic carboxylic acids is 2. The highest BCUT2D eigenvalue weighted by molar-refractivity contribution is 5.75. The van der Waals surface area contributed by atoms with Crippen molar-refractivity contribution < 1.29 is 19.8 Å². The van der Waals surface area contributed by atoms with Gasteiger partial charge in [-0.25, -0.2) is 0 Å². The summed E-state index contributed by atoms with van der Waals surface area (Å²) >= 11 is 0. The zero-order valence-electron chi connectivity index (χ0n) is 12.5. The molecule has 0 spiro atoms. The molecule has 0 amide bonds. The normalized spacial score (nSPS) is 13.6. The van der Waals surface area contributed by atoms with Crippen LogP contribution in [0, 0.1) is 5.41 Å². The smallest absolute Gasteiger partial charge is 0.309 e. The van der Waals surface area contributed by atoms with Gasteiger partial charge in [-0.15, -0.1) is 0 Å². The van der Waals surface area contributed by atoms with E-state index in [-0.39, 0.29) is 6.42 Å². The van der Waals surface area contributed by atoms with Gasteiger partial charge in [0.2, 0.25) is 0 Å². The summed E-state index contributed by atoms with van der Waals surface area (Å²) < 4.78 is 0. The first-order chi connectivity index (χ1) is 10.00. The third-order valence-corrected chi connectivity index (χ3v) is 4.06. The molecule has 1 unspecified atom stereocenters. The Morgan fingerprint density at radius 3 is 2.24 bits per heavy atom. The first kappa shape index (κ1) is 17.2. The lowest BCUT2D eigenvalue weighted by Crippen LogP contribution is -2.32. The van der Waals surface area contributed by atoms with E-state index in [2.05, 4.69) is 0 Å². The Morgan fingerprint density at radius 1 is 1.05 bits per heavy atom. The zero-order valence-corrected chi connectivity index (χ0v) is 12.5. The third kappa shape index (κ3) is 5.58. The number of rotatable bonds is 10. The lowest BCUT2D eigenvalue weighted by atomic mass is 9.75. The summed E-state index contributed by atoms with van der Waals surface area (Å²) in [6.07, 6.45) is 3.98. The molecule has 0 radical (unpaired) electrons. The molecule has 1 rings (SSSR count). The SMILES string of the molecule is CCC(CCCCCC(=O)O)(Cc1ccccc1)C(=O)O. The van der Waals surface area contributed by atoms with Crippen molar-refractivity contribution in [2.75, 3.05) is 0 Å². The van der Waals surface area contributed by atoms with E-state index in [1.54, 1.807) is 0 Å². The molecule has 0 aliphatic carbocycles. The maximum atomic E-state index is 11.7. The van der Waals surface area contributed by atoms with Gasteiger partial charge in [0.25, 0.3) is 0 Å². The van der Waals surface area contributed by atoms with Crippen molar-refractivity contribution in [3.8, 4) is 0 Å². The quantitative estimate of drug-likeness (QED) is 0.644. The van der Waals surface area contributed by atoms with Crippen LogP contribution >= 0.6 is 0 Å². The molecule has 1 atom stereocenters. The van der Waals surface area contributed by atoms with Gasteiger partial charge in [-0.05, 0) is 31.2 Å². The molecule has 0 aliphatic heterocycles. The first-order valence-electron chi connectivity index (χ1n) is 7.49. The number of carbonyl (C=O) groups is 2. The summed E-state index contributed by atoms with van der Waals surface area (Å²) in [5.74, 6) is -1.55. The predicted octanol–water partition coefficient (Wildman–Crippen LogP) is 3.75. The van der Waals surface area contributed by atoms with Crippen molar-refractivity contribution in [1.29, 1.82) is 0 Å². The van der Waals surface area contributed by atoms with Gasteiger partial charge in [-0.3, -0.25) is 9.59 Å². The maximum Gasteiger partial charge on any atom is 0.309 e. The van der Waals surface area contributed by atoms with Gasteiger partial charge >= 0.3 is 11.9 Å². The van der Waals surface area contributed by atoms with E-state index in [0.29, 0.717) is 25.7 Å². The topological polar surface area (TPSA) is 74.6 Å². The molecular weight excluding hydrogens is 268 g/mol. The summed E-state index contributed by atoms with van der Waals surface area (Å²) in [6.45, 7) is 1.91. The molecule has 1 aromatic rings. The second-order valence-electron chi connectivity index (χ2n) is 5.56. The molecule has 0 aromatic heterocycles. The Balaban J connectivity index is 2.62. The minimum Gasteiger partial charge on any atom is -0.481 e. The average Bonchev–Trinajstić information content (AvgIpc) is 2.46. The van der Waals surface area contributed by atoms with Gasteiger partial charge in [-0.1, -0.05) is 50.1 Å². The van der Waals surface area contributed by atoms with Gasteiger partial charge in [-0.2, -0.15) is 0 Å². The molecule has 0 aliphatic rings. The lowest BCUT2D eigenvalue weighted by molar-refractivity contribution is -0.150. The van der Waals surface area contributed by atoms with Crippen LogP contribution in [-0.4, -0.2) is 22.2 Å². The van der Waals surface area contributed by atoms with Crippen LogP contribution in [0.2, 0.25) is 0 Å². The molecule has 0 heterocycles. The number of carboxylic acid groups (broad SMARTS) is 2. The molecule has 1 aromatic carbocycles. The van der Waals surface area contributed by atoms with Crippen molar-refractivity contribution >= 4 is 11.9 Å². The van der Waals surface area contributed by atoms with Crippen LogP contribution in [0.3, 0.4) is 0 Å². The van der Waals surface area contributed by atoms with Gasteiger partial charge in [0.15, 0.2) is 0 Å². The fraction of sp³-hybridized carbons (Fsp3) is 0.529. The first-order valence-corrected chi connectivity index (χ1v) is 7.49. The molecule has 4 heteroatoms. The summed E-state index contributed by atoms with van der Waals surface area (Å²) in [4.78, 5) is 22.2. The van der Waals surface area contributed by atoms with Crippen molar-refractivity contribution in [3.05, 3.63) is 35.9 Å². The second-order valence-corrected chi connectivity index (χ2v) is 5.56. The monoisotopic (exact) mass is 292 g/mol. The number of carboxylic acids is 2. The molecule has 4 nitrogen and oxygen atoms in total. The van der Waals surface area contributed by atoms with Crippen LogP contribution in [0.1, 0.15) is 51.0 Å². The Kier molecular flexibility index (Phi) is 6.92. The van der Waals surface area contributed by atoms with E-state index in [1.807, 2.05) is 37.3 Å². The Bertz CT molecular complexity index is 455. The highest BCUT2D eigenvalue weighted by Crippen LogP contribution is 2.33. The molecule has 2 N–H and O–H groups in total. The van der Waals surface area contributed by atoms with Gasteiger partial charge in [0.05, 0.1) is 5.41 Å². The minimum absolute atomic E-state index is 0.158. The molecule has 21 heavy (non-hydrogen) atoms. The molecule has 116 valence electrons. The van der Waals surface area contributed by atoms with Crippen molar-refractivity contribution in [1.82, 2.24) is 0 Å². The third-order valence-electron chi connectivity index (χ3n) is 4.06. The van der Waals surface area contributed by atoms with E-state index < -0.39 is 17.4 Å². The van der Waals surface area contributed by atoms with Crippen LogP contribution in [0.4, 0.5) is 0 Å². The zero-order chi connectivity index (χ0) is 15.7. The van der Waals surface area contributed by atoms with Crippen molar-refractivity contribution in [3.63, 3.8) is 0 Å².